The molecule has 1 saturated heterocycles. The minimum Gasteiger partial charge on any atom is -0.388 e. The Morgan fingerprint density at radius 3 is 2.02 bits per heavy atom. The molecule has 1 aliphatic heterocycles. The number of carbonyl (C=O) groups is 2. The summed E-state index contributed by atoms with van der Waals surface area (Å²) in [6, 6.07) is -0.270. The molecule has 1 fully saturated rings. The third kappa shape index (κ3) is 15.4. The Bertz CT molecular complexity index is 1240. The van der Waals surface area contributed by atoms with Crippen LogP contribution in [0.2, 0.25) is 0 Å². The Kier molecular flexibility index (Phi) is 21.5. The molecular weight excluding hydrogens is 670 g/mol. The Labute approximate surface area is 309 Å². The van der Waals surface area contributed by atoms with Gasteiger partial charge in [0.2, 0.25) is 5.91 Å². The molecule has 0 spiro atoms. The zero-order chi connectivity index (χ0) is 38.6. The number of likely N-dealkylation sites (N-methyl/N-ethyl adjacent to an activating group) is 1. The molecule has 2 amide bonds. The first-order valence-electron chi connectivity index (χ1n) is 19.5. The zero-order valence-corrected chi connectivity index (χ0v) is 32.2. The molecule has 0 radical (unpaired) electrons. The van der Waals surface area contributed by atoms with Gasteiger partial charge in [0, 0.05) is 38.8 Å². The van der Waals surface area contributed by atoms with Crippen molar-refractivity contribution < 1.29 is 29.6 Å². The van der Waals surface area contributed by atoms with Gasteiger partial charge in [-0.2, -0.15) is 0 Å². The minimum absolute atomic E-state index is 0.106. The summed E-state index contributed by atoms with van der Waals surface area (Å²) in [4.78, 5) is 50.0. The van der Waals surface area contributed by atoms with Crippen LogP contribution in [0.5, 0.6) is 0 Å². The highest BCUT2D eigenvalue weighted by molar-refractivity contribution is 5.82. The van der Waals surface area contributed by atoms with Gasteiger partial charge in [-0.3, -0.25) is 19.2 Å². The number of unbranched alkanes of at least 4 members (excludes halogenated alkanes) is 3. The Balaban J connectivity index is 1.69. The van der Waals surface area contributed by atoms with Crippen molar-refractivity contribution in [2.75, 3.05) is 56.9 Å². The molecular formula is C37H69N7O8. The van der Waals surface area contributed by atoms with Gasteiger partial charge < -0.3 is 57.7 Å². The lowest BCUT2D eigenvalue weighted by Crippen LogP contribution is -2.63. The van der Waals surface area contributed by atoms with Crippen LogP contribution in [0.4, 0.5) is 11.4 Å². The summed E-state index contributed by atoms with van der Waals surface area (Å²) in [6.07, 6.45) is 3.52. The fourth-order valence-electron chi connectivity index (χ4n) is 6.47. The van der Waals surface area contributed by atoms with Crippen LogP contribution in [-0.2, 0) is 14.3 Å². The number of hydrogen-bond acceptors (Lipinski definition) is 13. The van der Waals surface area contributed by atoms with Crippen LogP contribution in [0, 0.1) is 11.8 Å². The van der Waals surface area contributed by atoms with E-state index in [2.05, 4.69) is 59.6 Å². The number of ether oxygens (including phenoxy) is 1. The van der Waals surface area contributed by atoms with Gasteiger partial charge in [0.05, 0.1) is 12.1 Å². The lowest BCUT2D eigenvalue weighted by atomic mass is 9.94. The summed E-state index contributed by atoms with van der Waals surface area (Å²) in [6.45, 7) is 11.1. The van der Waals surface area contributed by atoms with Gasteiger partial charge in [0.1, 0.15) is 29.7 Å². The van der Waals surface area contributed by atoms with Gasteiger partial charge in [-0.05, 0) is 70.9 Å². The maximum atomic E-state index is 13.2. The van der Waals surface area contributed by atoms with Crippen LogP contribution >= 0.6 is 0 Å². The van der Waals surface area contributed by atoms with Gasteiger partial charge in [0.15, 0.2) is 6.10 Å². The predicted octanol–water partition coefficient (Wildman–Crippen LogP) is 0.297. The second-order valence-electron chi connectivity index (χ2n) is 14.9. The third-order valence-electron chi connectivity index (χ3n) is 9.79. The average molecular weight is 740 g/mol. The fourth-order valence-corrected chi connectivity index (χ4v) is 6.47. The van der Waals surface area contributed by atoms with E-state index in [1.807, 2.05) is 0 Å². The number of hydrogen-bond donors (Lipinski definition) is 10. The molecule has 8 atom stereocenters. The Morgan fingerprint density at radius 1 is 0.731 bits per heavy atom. The van der Waals surface area contributed by atoms with Gasteiger partial charge in [-0.15, -0.1) is 0 Å². The second kappa shape index (κ2) is 24.6. The van der Waals surface area contributed by atoms with Gasteiger partial charge in [-0.25, -0.2) is 0 Å². The summed E-state index contributed by atoms with van der Waals surface area (Å²) < 4.78 is 5.57. The molecule has 0 saturated carbocycles. The maximum absolute atomic E-state index is 13.2. The highest BCUT2D eigenvalue weighted by atomic mass is 16.5. The van der Waals surface area contributed by atoms with Gasteiger partial charge >= 0.3 is 0 Å². The van der Waals surface area contributed by atoms with E-state index in [0.717, 1.165) is 64.2 Å². The number of aliphatic hydroxyl groups excluding tert-OH is 3. The molecule has 0 aliphatic carbocycles. The van der Waals surface area contributed by atoms with Gasteiger partial charge in [-0.1, -0.05) is 52.9 Å². The first-order valence-corrected chi connectivity index (χ1v) is 19.5. The molecule has 11 N–H and O–H groups in total. The summed E-state index contributed by atoms with van der Waals surface area (Å²) in [5, 5.41) is 48.7. The average Bonchev–Trinajstić information content (AvgIpc) is 3.11. The van der Waals surface area contributed by atoms with E-state index in [1.165, 1.54) is 0 Å². The van der Waals surface area contributed by atoms with Crippen molar-refractivity contribution in [3.05, 3.63) is 20.4 Å². The van der Waals surface area contributed by atoms with Crippen molar-refractivity contribution in [1.29, 1.82) is 0 Å². The van der Waals surface area contributed by atoms with Crippen molar-refractivity contribution in [1.82, 2.24) is 21.3 Å². The van der Waals surface area contributed by atoms with Crippen molar-refractivity contribution >= 4 is 23.2 Å². The Morgan fingerprint density at radius 2 is 1.37 bits per heavy atom. The molecule has 0 aromatic heterocycles. The number of nitrogens with one attached hydrogen (secondary N) is 6. The number of nitrogens with two attached hydrogens (primary N) is 1. The third-order valence-corrected chi connectivity index (χ3v) is 9.79. The molecule has 0 bridgehead atoms. The molecule has 1 aliphatic rings. The van der Waals surface area contributed by atoms with Crippen LogP contribution < -0.4 is 48.5 Å². The van der Waals surface area contributed by atoms with Crippen molar-refractivity contribution in [3.8, 4) is 0 Å². The monoisotopic (exact) mass is 740 g/mol. The SMILES string of the molecule is CNCC1OC(C(=O)NCCCCC(C)CCC(C)N[C@H](CCCCN)C(=O)NCCNc2c(NCCCCC(C)C)c(=O)c2=O)C(O)C(O)C1O. The van der Waals surface area contributed by atoms with Crippen LogP contribution in [0.25, 0.3) is 0 Å². The standard InChI is InChI=1S/C37H69N7O8/c1-23(2)12-7-10-18-40-28-29(32(47)31(28)46)41-20-21-43-36(50)26(14-6-9-17-38)44-25(4)16-15-24(3)13-8-11-19-42-37(51)35-34(49)33(48)30(45)27(52-35)22-39-5/h23-27,30,33-35,39-41,44-45,48-49H,6-22,38H2,1-5H3,(H,42,51)(H,43,50)/t24?,25?,26-,27?,30?,33?,34?,35?/m1/s1. The molecule has 7 unspecified atom stereocenters. The smallest absolute Gasteiger partial charge is 0.253 e. The fraction of sp³-hybridized carbons (Fsp3) is 0.838. The summed E-state index contributed by atoms with van der Waals surface area (Å²) in [5.74, 6) is 0.449. The normalized spacial score (nSPS) is 22.2. The van der Waals surface area contributed by atoms with E-state index in [1.54, 1.807) is 7.05 Å². The number of rotatable bonds is 28. The van der Waals surface area contributed by atoms with Crippen LogP contribution in [-0.4, -0.2) is 116 Å². The molecule has 52 heavy (non-hydrogen) atoms. The summed E-state index contributed by atoms with van der Waals surface area (Å²) in [5.41, 5.74) is 5.31. The first-order chi connectivity index (χ1) is 24.8. The van der Waals surface area contributed by atoms with Crippen LogP contribution in [0.15, 0.2) is 9.59 Å². The van der Waals surface area contributed by atoms with Crippen molar-refractivity contribution in [3.63, 3.8) is 0 Å². The van der Waals surface area contributed by atoms with E-state index < -0.39 is 47.3 Å². The molecule has 1 aromatic carbocycles. The Hall–Kier alpha value is -2.66. The number of amides is 2. The van der Waals surface area contributed by atoms with Crippen LogP contribution in [0.3, 0.4) is 0 Å². The number of anilines is 2. The molecule has 300 valence electrons. The molecule has 1 aromatic rings. The minimum atomic E-state index is -1.51. The van der Waals surface area contributed by atoms with Gasteiger partial charge in [0.25, 0.3) is 16.8 Å². The maximum Gasteiger partial charge on any atom is 0.253 e. The van der Waals surface area contributed by atoms with Crippen molar-refractivity contribution in [2.45, 2.75) is 141 Å². The highest BCUT2D eigenvalue weighted by Crippen LogP contribution is 2.22. The topological polar surface area (TPSA) is 236 Å². The summed E-state index contributed by atoms with van der Waals surface area (Å²) >= 11 is 0. The first kappa shape index (κ1) is 45.5. The number of carbonyl (C=O) groups excluding carboxylic acids is 2. The number of aliphatic hydroxyl groups is 3. The zero-order valence-electron chi connectivity index (χ0n) is 32.2. The van der Waals surface area contributed by atoms with E-state index in [4.69, 9.17) is 10.5 Å². The summed E-state index contributed by atoms with van der Waals surface area (Å²) in [7, 11) is 1.67. The van der Waals surface area contributed by atoms with E-state index in [0.29, 0.717) is 62.4 Å². The quantitative estimate of drug-likeness (QED) is 0.0412. The van der Waals surface area contributed by atoms with E-state index >= 15 is 0 Å². The second-order valence-corrected chi connectivity index (χ2v) is 14.9. The van der Waals surface area contributed by atoms with E-state index in [9.17, 15) is 34.5 Å². The van der Waals surface area contributed by atoms with E-state index in [-0.39, 0.29) is 24.5 Å². The lowest BCUT2D eigenvalue weighted by molar-refractivity contribution is -0.219. The lowest BCUT2D eigenvalue weighted by Gasteiger charge is -2.39. The predicted molar refractivity (Wildman–Crippen MR) is 205 cm³/mol. The molecule has 2 rings (SSSR count). The largest absolute Gasteiger partial charge is 0.388 e. The van der Waals surface area contributed by atoms with Crippen molar-refractivity contribution in [2.24, 2.45) is 17.6 Å². The van der Waals surface area contributed by atoms with Crippen LogP contribution in [0.1, 0.15) is 98.3 Å². The molecule has 1 heterocycles. The highest BCUT2D eigenvalue weighted by Gasteiger charge is 2.46. The molecule has 15 nitrogen and oxygen atoms in total. The molecule has 15 heteroatoms.